The molecule has 0 bridgehead atoms. The summed E-state index contributed by atoms with van der Waals surface area (Å²) in [6, 6.07) is 7.84. The van der Waals surface area contributed by atoms with Crippen molar-refractivity contribution >= 4 is 28.6 Å². The lowest BCUT2D eigenvalue weighted by molar-refractivity contribution is 0.0115. The number of piperidine rings is 1. The molecule has 0 N–H and O–H groups in total. The van der Waals surface area contributed by atoms with Crippen molar-refractivity contribution in [2.75, 3.05) is 44.3 Å². The molecule has 3 aliphatic rings. The summed E-state index contributed by atoms with van der Waals surface area (Å²) in [6.45, 7) is 8.63. The standard InChI is InChI=1S/C17H24IN3O/c18-21-12-14-1-2-17(11-15(14)13-21)19-5-3-16(4-6-19)20-7-9-22-10-8-20/h1-2,11,16H,3-10,12-13H2. The van der Waals surface area contributed by atoms with Crippen molar-refractivity contribution < 1.29 is 4.74 Å². The summed E-state index contributed by atoms with van der Waals surface area (Å²) in [5.74, 6) is 0. The van der Waals surface area contributed by atoms with E-state index in [-0.39, 0.29) is 0 Å². The van der Waals surface area contributed by atoms with E-state index in [1.807, 2.05) is 0 Å². The van der Waals surface area contributed by atoms with E-state index in [2.05, 4.69) is 54.0 Å². The smallest absolute Gasteiger partial charge is 0.0594 e. The van der Waals surface area contributed by atoms with Crippen LogP contribution in [0.25, 0.3) is 0 Å². The average Bonchev–Trinajstić information content (AvgIpc) is 2.95. The van der Waals surface area contributed by atoms with Gasteiger partial charge >= 0.3 is 0 Å². The fraction of sp³-hybridized carbons (Fsp3) is 0.647. The number of fused-ring (bicyclic) bond motifs is 1. The minimum Gasteiger partial charge on any atom is -0.379 e. The molecule has 0 radical (unpaired) electrons. The molecule has 4 rings (SSSR count). The Kier molecular flexibility index (Phi) is 4.57. The van der Waals surface area contributed by atoms with Gasteiger partial charge in [-0.05, 0) is 36.1 Å². The average molecular weight is 413 g/mol. The Bertz CT molecular complexity index is 525. The van der Waals surface area contributed by atoms with Gasteiger partial charge in [-0.2, -0.15) is 0 Å². The van der Waals surface area contributed by atoms with Gasteiger partial charge in [-0.1, -0.05) is 6.07 Å². The molecule has 2 fully saturated rings. The van der Waals surface area contributed by atoms with Crippen molar-refractivity contribution in [3.05, 3.63) is 29.3 Å². The van der Waals surface area contributed by atoms with Gasteiger partial charge in [0.05, 0.1) is 13.2 Å². The summed E-state index contributed by atoms with van der Waals surface area (Å²) in [7, 11) is 0. The van der Waals surface area contributed by atoms with Gasteiger partial charge < -0.3 is 9.64 Å². The molecule has 0 amide bonds. The normalized spacial score (nSPS) is 24.7. The molecule has 0 saturated carbocycles. The number of hydrogen-bond donors (Lipinski definition) is 0. The van der Waals surface area contributed by atoms with Crippen molar-refractivity contribution in [2.24, 2.45) is 0 Å². The molecule has 4 nitrogen and oxygen atoms in total. The first-order chi connectivity index (χ1) is 10.8. The molecule has 1 aromatic rings. The molecule has 5 heteroatoms. The molecule has 1 aromatic carbocycles. The van der Waals surface area contributed by atoms with Crippen LogP contribution in [0, 0.1) is 0 Å². The Morgan fingerprint density at radius 2 is 1.68 bits per heavy atom. The van der Waals surface area contributed by atoms with Crippen molar-refractivity contribution in [1.29, 1.82) is 0 Å². The van der Waals surface area contributed by atoms with Crippen molar-refractivity contribution in [3.8, 4) is 0 Å². The van der Waals surface area contributed by atoms with Crippen LogP contribution in [0.5, 0.6) is 0 Å². The molecule has 2 saturated heterocycles. The van der Waals surface area contributed by atoms with Gasteiger partial charge in [0.2, 0.25) is 0 Å². The van der Waals surface area contributed by atoms with Crippen molar-refractivity contribution in [2.45, 2.75) is 32.0 Å². The second-order valence-corrected chi connectivity index (χ2v) is 7.96. The van der Waals surface area contributed by atoms with E-state index in [9.17, 15) is 0 Å². The highest BCUT2D eigenvalue weighted by Crippen LogP contribution is 2.30. The molecule has 3 aliphatic heterocycles. The second kappa shape index (κ2) is 6.63. The van der Waals surface area contributed by atoms with Crippen molar-refractivity contribution in [1.82, 2.24) is 8.01 Å². The van der Waals surface area contributed by atoms with Crippen LogP contribution in [0.1, 0.15) is 24.0 Å². The highest BCUT2D eigenvalue weighted by molar-refractivity contribution is 14.1. The summed E-state index contributed by atoms with van der Waals surface area (Å²) in [5.41, 5.74) is 4.44. The molecular formula is C17H24IN3O. The molecule has 22 heavy (non-hydrogen) atoms. The fourth-order valence-electron chi connectivity index (χ4n) is 3.97. The zero-order valence-corrected chi connectivity index (χ0v) is 15.2. The van der Waals surface area contributed by atoms with Crippen molar-refractivity contribution in [3.63, 3.8) is 0 Å². The third-order valence-electron chi connectivity index (χ3n) is 5.27. The van der Waals surface area contributed by atoms with Crippen LogP contribution in [0.2, 0.25) is 0 Å². The van der Waals surface area contributed by atoms with E-state index >= 15 is 0 Å². The summed E-state index contributed by atoms with van der Waals surface area (Å²) in [5, 5.41) is 0. The molecule has 0 unspecified atom stereocenters. The minimum absolute atomic E-state index is 0.763. The van der Waals surface area contributed by atoms with Crippen LogP contribution < -0.4 is 4.90 Å². The largest absolute Gasteiger partial charge is 0.379 e. The summed E-state index contributed by atoms with van der Waals surface area (Å²) in [6.07, 6.45) is 2.57. The predicted molar refractivity (Wildman–Crippen MR) is 97.3 cm³/mol. The highest BCUT2D eigenvalue weighted by atomic mass is 127. The van der Waals surface area contributed by atoms with Gasteiger partial charge in [-0.3, -0.25) is 4.90 Å². The maximum Gasteiger partial charge on any atom is 0.0594 e. The third-order valence-corrected chi connectivity index (χ3v) is 5.95. The number of benzene rings is 1. The quantitative estimate of drug-likeness (QED) is 0.548. The topological polar surface area (TPSA) is 19.0 Å². The number of anilines is 1. The number of hydrogen-bond acceptors (Lipinski definition) is 4. The zero-order valence-electron chi connectivity index (χ0n) is 13.0. The van der Waals surface area contributed by atoms with Gasteiger partial charge in [0.15, 0.2) is 0 Å². The highest BCUT2D eigenvalue weighted by Gasteiger charge is 2.26. The Morgan fingerprint density at radius 3 is 2.45 bits per heavy atom. The van der Waals surface area contributed by atoms with Crippen LogP contribution in [-0.2, 0) is 17.8 Å². The van der Waals surface area contributed by atoms with Gasteiger partial charge in [-0.25, -0.2) is 3.11 Å². The minimum atomic E-state index is 0.763. The van der Waals surface area contributed by atoms with Crippen LogP contribution >= 0.6 is 22.9 Å². The monoisotopic (exact) mass is 413 g/mol. The summed E-state index contributed by atoms with van der Waals surface area (Å²) in [4.78, 5) is 5.21. The van der Waals surface area contributed by atoms with E-state index in [4.69, 9.17) is 4.74 Å². The Morgan fingerprint density at radius 1 is 0.955 bits per heavy atom. The molecular weight excluding hydrogens is 389 g/mol. The fourth-order valence-corrected chi connectivity index (χ4v) is 4.70. The maximum absolute atomic E-state index is 5.48. The molecule has 0 atom stereocenters. The Hall–Kier alpha value is -0.370. The van der Waals surface area contributed by atoms with E-state index in [1.165, 1.54) is 42.7 Å². The summed E-state index contributed by atoms with van der Waals surface area (Å²) < 4.78 is 7.83. The number of rotatable bonds is 2. The molecule has 0 aliphatic carbocycles. The first kappa shape index (κ1) is 15.2. The van der Waals surface area contributed by atoms with E-state index in [1.54, 1.807) is 0 Å². The van der Waals surface area contributed by atoms with Gasteiger partial charge in [0.1, 0.15) is 0 Å². The second-order valence-electron chi connectivity index (χ2n) is 6.60. The Balaban J connectivity index is 1.38. The SMILES string of the molecule is IN1Cc2ccc(N3CCC(N4CCOCC4)CC3)cc2C1. The van der Waals surface area contributed by atoms with Gasteiger partial charge in [0, 0.05) is 73.9 Å². The number of ether oxygens (including phenoxy) is 1. The lowest BCUT2D eigenvalue weighted by Gasteiger charge is -2.40. The van der Waals surface area contributed by atoms with Crippen LogP contribution in [0.4, 0.5) is 5.69 Å². The number of halogens is 1. The Labute approximate surface area is 146 Å². The van der Waals surface area contributed by atoms with Crippen LogP contribution in [0.15, 0.2) is 18.2 Å². The number of nitrogens with zero attached hydrogens (tertiary/aromatic N) is 3. The first-order valence-electron chi connectivity index (χ1n) is 8.39. The molecule has 120 valence electrons. The van der Waals surface area contributed by atoms with E-state index in [0.717, 1.165) is 45.4 Å². The van der Waals surface area contributed by atoms with Gasteiger partial charge in [-0.15, -0.1) is 0 Å². The van der Waals surface area contributed by atoms with Crippen LogP contribution in [-0.4, -0.2) is 53.4 Å². The summed E-state index contributed by atoms with van der Waals surface area (Å²) >= 11 is 2.42. The van der Waals surface area contributed by atoms with E-state index < -0.39 is 0 Å². The molecule has 0 spiro atoms. The maximum atomic E-state index is 5.48. The zero-order chi connectivity index (χ0) is 14.9. The lowest BCUT2D eigenvalue weighted by atomic mass is 10.0. The third kappa shape index (κ3) is 3.13. The molecule has 3 heterocycles. The lowest BCUT2D eigenvalue weighted by Crippen LogP contribution is -2.49. The predicted octanol–water partition coefficient (Wildman–Crippen LogP) is 2.65. The number of morpholine rings is 1. The van der Waals surface area contributed by atoms with Gasteiger partial charge in [0.25, 0.3) is 0 Å². The van der Waals surface area contributed by atoms with E-state index in [0.29, 0.717) is 0 Å². The molecule has 0 aromatic heterocycles. The first-order valence-corrected chi connectivity index (χ1v) is 9.35. The van der Waals surface area contributed by atoms with Crippen LogP contribution in [0.3, 0.4) is 0 Å².